The number of aryl methyl sites for hydroxylation is 2. The van der Waals surface area contributed by atoms with Gasteiger partial charge < -0.3 is 4.74 Å². The Labute approximate surface area is 208 Å². The van der Waals surface area contributed by atoms with E-state index >= 15 is 0 Å². The molecule has 0 amide bonds. The number of hydrogen-bond acceptors (Lipinski definition) is 6. The van der Waals surface area contributed by atoms with E-state index in [0.717, 1.165) is 52.2 Å². The maximum Gasteiger partial charge on any atom is 0.333 e. The van der Waals surface area contributed by atoms with Crippen molar-refractivity contribution in [2.75, 3.05) is 7.11 Å². The first-order valence-corrected chi connectivity index (χ1v) is 11.8. The average molecular weight is 482 g/mol. The quantitative estimate of drug-likeness (QED) is 0.356. The average Bonchev–Trinajstić information content (AvgIpc) is 3.54. The van der Waals surface area contributed by atoms with Gasteiger partial charge in [-0.1, -0.05) is 55.8 Å². The number of pyridine rings is 1. The number of ether oxygens (including phenoxy) is 1. The first-order valence-electron chi connectivity index (χ1n) is 11.8. The molecular formula is C27H27N7O2. The van der Waals surface area contributed by atoms with Crippen molar-refractivity contribution in [1.29, 1.82) is 0 Å². The zero-order chi connectivity index (χ0) is 25.1. The molecule has 5 rings (SSSR count). The lowest BCUT2D eigenvalue weighted by molar-refractivity contribution is 0.412. The fourth-order valence-electron chi connectivity index (χ4n) is 4.47. The third kappa shape index (κ3) is 4.31. The van der Waals surface area contributed by atoms with E-state index in [9.17, 15) is 4.79 Å². The van der Waals surface area contributed by atoms with Crippen LogP contribution in [-0.2, 0) is 13.0 Å². The molecule has 1 N–H and O–H groups in total. The molecule has 2 aromatic carbocycles. The molecule has 3 aromatic heterocycles. The van der Waals surface area contributed by atoms with Gasteiger partial charge in [-0.3, -0.25) is 14.1 Å². The number of imidazole rings is 1. The molecule has 0 spiro atoms. The molecule has 0 saturated heterocycles. The van der Waals surface area contributed by atoms with Crippen molar-refractivity contribution >= 4 is 0 Å². The summed E-state index contributed by atoms with van der Waals surface area (Å²) in [6, 6.07) is 17.6. The maximum atomic E-state index is 13.6. The van der Waals surface area contributed by atoms with Gasteiger partial charge in [-0.2, -0.15) is 0 Å². The van der Waals surface area contributed by atoms with Gasteiger partial charge in [0, 0.05) is 29.2 Å². The topological polar surface area (TPSA) is 104 Å². The molecule has 0 saturated carbocycles. The summed E-state index contributed by atoms with van der Waals surface area (Å²) in [5.74, 6) is 1.26. The molecule has 5 aromatic rings. The second kappa shape index (κ2) is 9.99. The number of nitrogens with one attached hydrogen (secondary N) is 1. The fourth-order valence-corrected chi connectivity index (χ4v) is 4.47. The van der Waals surface area contributed by atoms with Crippen LogP contribution in [0.15, 0.2) is 71.8 Å². The number of aromatic nitrogens is 7. The summed E-state index contributed by atoms with van der Waals surface area (Å²) in [7, 11) is 1.62. The molecule has 9 nitrogen and oxygen atoms in total. The van der Waals surface area contributed by atoms with Gasteiger partial charge in [0.1, 0.15) is 5.75 Å². The number of rotatable bonds is 8. The normalized spacial score (nSPS) is 11.1. The van der Waals surface area contributed by atoms with Crippen LogP contribution >= 0.6 is 0 Å². The molecular weight excluding hydrogens is 454 g/mol. The van der Waals surface area contributed by atoms with E-state index in [-0.39, 0.29) is 5.69 Å². The number of H-pyrrole nitrogens is 1. The van der Waals surface area contributed by atoms with Crippen molar-refractivity contribution in [2.45, 2.75) is 33.2 Å². The molecule has 9 heteroatoms. The second-order valence-electron chi connectivity index (χ2n) is 8.57. The minimum Gasteiger partial charge on any atom is -0.495 e. The molecule has 0 fully saturated rings. The van der Waals surface area contributed by atoms with Crippen molar-refractivity contribution in [2.24, 2.45) is 0 Å². The monoisotopic (exact) mass is 481 g/mol. The van der Waals surface area contributed by atoms with Crippen LogP contribution in [0.25, 0.3) is 28.2 Å². The van der Waals surface area contributed by atoms with E-state index in [1.54, 1.807) is 16.2 Å². The Morgan fingerprint density at radius 1 is 1.03 bits per heavy atom. The molecule has 3 heterocycles. The Kier molecular flexibility index (Phi) is 6.44. The van der Waals surface area contributed by atoms with Crippen LogP contribution in [0.1, 0.15) is 30.3 Å². The van der Waals surface area contributed by atoms with E-state index in [2.05, 4.69) is 27.5 Å². The molecule has 0 radical (unpaired) electrons. The van der Waals surface area contributed by atoms with Crippen molar-refractivity contribution in [3.8, 4) is 34.0 Å². The van der Waals surface area contributed by atoms with E-state index in [4.69, 9.17) is 9.72 Å². The van der Waals surface area contributed by atoms with Crippen molar-refractivity contribution in [3.05, 3.63) is 94.4 Å². The van der Waals surface area contributed by atoms with Crippen LogP contribution in [0.3, 0.4) is 0 Å². The van der Waals surface area contributed by atoms with E-state index in [1.165, 1.54) is 0 Å². The van der Waals surface area contributed by atoms with Crippen LogP contribution in [0.5, 0.6) is 5.75 Å². The minimum atomic E-state index is -0.111. The SMILES string of the molecule is CCCc1cn(-c2c(C)cccc2OC)c(=O)n1Cc1ccc(-c2ccccc2-c2nnn[nH]2)cn1. The van der Waals surface area contributed by atoms with Crippen LogP contribution in [0, 0.1) is 6.92 Å². The highest BCUT2D eigenvalue weighted by molar-refractivity contribution is 5.79. The predicted molar refractivity (Wildman–Crippen MR) is 137 cm³/mol. The van der Waals surface area contributed by atoms with Crippen LogP contribution in [-0.4, -0.2) is 41.9 Å². The molecule has 36 heavy (non-hydrogen) atoms. The molecule has 0 aliphatic rings. The van der Waals surface area contributed by atoms with Crippen LogP contribution in [0.2, 0.25) is 0 Å². The zero-order valence-electron chi connectivity index (χ0n) is 20.5. The Bertz CT molecular complexity index is 1530. The highest BCUT2D eigenvalue weighted by atomic mass is 16.5. The molecule has 182 valence electrons. The number of aromatic amines is 1. The number of methoxy groups -OCH3 is 1. The Balaban J connectivity index is 1.50. The summed E-state index contributed by atoms with van der Waals surface area (Å²) in [5.41, 5.74) is 6.18. The first-order chi connectivity index (χ1) is 17.6. The summed E-state index contributed by atoms with van der Waals surface area (Å²) >= 11 is 0. The van der Waals surface area contributed by atoms with E-state index in [1.807, 2.05) is 73.9 Å². The lowest BCUT2D eigenvalue weighted by atomic mass is 10.0. The third-order valence-electron chi connectivity index (χ3n) is 6.21. The van der Waals surface area contributed by atoms with E-state index in [0.29, 0.717) is 18.1 Å². The largest absolute Gasteiger partial charge is 0.495 e. The van der Waals surface area contributed by atoms with Crippen LogP contribution < -0.4 is 10.4 Å². The van der Waals surface area contributed by atoms with Gasteiger partial charge in [-0.25, -0.2) is 9.89 Å². The molecule has 0 bridgehead atoms. The summed E-state index contributed by atoms with van der Waals surface area (Å²) in [6.07, 6.45) is 5.46. The van der Waals surface area contributed by atoms with Crippen molar-refractivity contribution in [1.82, 2.24) is 34.7 Å². The number of hydrogen-bond donors (Lipinski definition) is 1. The Hall–Kier alpha value is -4.53. The molecule has 0 atom stereocenters. The number of benzene rings is 2. The fraction of sp³-hybridized carbons (Fsp3) is 0.222. The number of tetrazole rings is 1. The van der Waals surface area contributed by atoms with Gasteiger partial charge >= 0.3 is 5.69 Å². The maximum absolute atomic E-state index is 13.6. The Morgan fingerprint density at radius 2 is 1.86 bits per heavy atom. The highest BCUT2D eigenvalue weighted by Gasteiger charge is 2.18. The second-order valence-corrected chi connectivity index (χ2v) is 8.57. The standard InChI is InChI=1S/C27H27N7O2/c1-4-8-21-17-34(25-18(2)9-7-12-24(25)36-3)27(35)33(21)16-20-14-13-19(15-28-20)22-10-5-6-11-23(22)26-29-31-32-30-26/h5-7,9-15,17H,4,8,16H2,1-3H3,(H,29,30,31,32). The molecule has 0 unspecified atom stereocenters. The molecule has 0 aliphatic carbocycles. The minimum absolute atomic E-state index is 0.111. The smallest absolute Gasteiger partial charge is 0.333 e. The third-order valence-corrected chi connectivity index (χ3v) is 6.21. The molecule has 0 aliphatic heterocycles. The van der Waals surface area contributed by atoms with Crippen LogP contribution in [0.4, 0.5) is 0 Å². The van der Waals surface area contributed by atoms with E-state index < -0.39 is 0 Å². The summed E-state index contributed by atoms with van der Waals surface area (Å²) < 4.78 is 9.05. The van der Waals surface area contributed by atoms with Gasteiger partial charge in [0.05, 0.1) is 25.0 Å². The van der Waals surface area contributed by atoms with Gasteiger partial charge in [0.15, 0.2) is 5.82 Å². The predicted octanol–water partition coefficient (Wildman–Crippen LogP) is 4.20. The summed E-state index contributed by atoms with van der Waals surface area (Å²) in [4.78, 5) is 18.3. The zero-order valence-corrected chi connectivity index (χ0v) is 20.5. The van der Waals surface area contributed by atoms with Gasteiger partial charge in [-0.15, -0.1) is 5.10 Å². The first kappa shape index (κ1) is 23.2. The lowest BCUT2D eigenvalue weighted by Gasteiger charge is -2.11. The number of para-hydroxylation sites is 1. The lowest BCUT2D eigenvalue weighted by Crippen LogP contribution is -2.25. The Morgan fingerprint density at radius 3 is 2.56 bits per heavy atom. The van der Waals surface area contributed by atoms with Gasteiger partial charge in [0.2, 0.25) is 0 Å². The summed E-state index contributed by atoms with van der Waals surface area (Å²) in [5, 5.41) is 14.2. The van der Waals surface area contributed by atoms with Gasteiger partial charge in [0.25, 0.3) is 0 Å². The highest BCUT2D eigenvalue weighted by Crippen LogP contribution is 2.29. The number of nitrogens with zero attached hydrogens (tertiary/aromatic N) is 6. The van der Waals surface area contributed by atoms with Crippen molar-refractivity contribution < 1.29 is 4.74 Å². The van der Waals surface area contributed by atoms with Gasteiger partial charge in [-0.05, 0) is 47.0 Å². The summed E-state index contributed by atoms with van der Waals surface area (Å²) in [6.45, 7) is 4.46. The van der Waals surface area contributed by atoms with Crippen molar-refractivity contribution in [3.63, 3.8) is 0 Å².